The monoisotopic (exact) mass is 348 g/mol. The average Bonchev–Trinajstić information content (AvgIpc) is 2.46. The zero-order valence-corrected chi connectivity index (χ0v) is 12.5. The Morgan fingerprint density at radius 1 is 1.24 bits per heavy atom. The molecule has 2 aromatic rings. The van der Waals surface area contributed by atoms with E-state index in [0.29, 0.717) is 21.5 Å². The number of methoxy groups -OCH3 is 1. The summed E-state index contributed by atoms with van der Waals surface area (Å²) in [7, 11) is 1.46. The van der Waals surface area contributed by atoms with E-state index >= 15 is 0 Å². The lowest BCUT2D eigenvalue weighted by molar-refractivity contribution is -0.385. The van der Waals surface area contributed by atoms with Crippen LogP contribution < -0.4 is 9.47 Å². The van der Waals surface area contributed by atoms with Gasteiger partial charge in [0.25, 0.3) is 0 Å². The topological polar surface area (TPSA) is 85.4 Å². The van der Waals surface area contributed by atoms with Gasteiger partial charge in [-0.2, -0.15) is 5.26 Å². The molecule has 0 radical (unpaired) electrons. The number of ether oxygens (including phenoxy) is 2. The Labute approximate surface area is 128 Å². The quantitative estimate of drug-likeness (QED) is 0.614. The molecule has 0 aromatic heterocycles. The first-order valence-corrected chi connectivity index (χ1v) is 6.54. The third-order valence-corrected chi connectivity index (χ3v) is 3.05. The molecule has 7 heteroatoms. The molecule has 0 aliphatic rings. The maximum atomic E-state index is 11.0. The zero-order valence-electron chi connectivity index (χ0n) is 10.9. The largest absolute Gasteiger partial charge is 0.497 e. The van der Waals surface area contributed by atoms with E-state index in [1.165, 1.54) is 31.4 Å². The van der Waals surface area contributed by atoms with Crippen molar-refractivity contribution in [3.05, 3.63) is 56.5 Å². The normalized spacial score (nSPS) is 9.76. The molecular formula is C14H9BrN2O4. The van der Waals surface area contributed by atoms with Crippen LogP contribution in [-0.2, 0) is 0 Å². The minimum Gasteiger partial charge on any atom is -0.497 e. The summed E-state index contributed by atoms with van der Waals surface area (Å²) >= 11 is 3.25. The van der Waals surface area contributed by atoms with Crippen LogP contribution in [0.3, 0.4) is 0 Å². The standard InChI is InChI=1S/C14H9BrN2O4/c1-20-11-2-3-13(17(18)19)14(7-11)21-12-5-9(8-16)4-10(15)6-12/h2-7H,1H3. The Morgan fingerprint density at radius 3 is 2.62 bits per heavy atom. The van der Waals surface area contributed by atoms with Crippen LogP contribution in [0.2, 0.25) is 0 Å². The Bertz CT molecular complexity index is 740. The molecule has 6 nitrogen and oxygen atoms in total. The number of rotatable bonds is 4. The van der Waals surface area contributed by atoms with Crippen LogP contribution in [0.15, 0.2) is 40.9 Å². The van der Waals surface area contributed by atoms with Crippen molar-refractivity contribution in [2.24, 2.45) is 0 Å². The summed E-state index contributed by atoms with van der Waals surface area (Å²) in [4.78, 5) is 10.5. The van der Waals surface area contributed by atoms with Crippen molar-refractivity contribution in [3.8, 4) is 23.3 Å². The first-order chi connectivity index (χ1) is 10.0. The molecule has 2 aromatic carbocycles. The lowest BCUT2D eigenvalue weighted by Crippen LogP contribution is -1.95. The van der Waals surface area contributed by atoms with Gasteiger partial charge in [0.2, 0.25) is 5.75 Å². The summed E-state index contributed by atoms with van der Waals surface area (Å²) in [5.41, 5.74) is 0.194. The minimum absolute atomic E-state index is 0.0429. The molecule has 0 N–H and O–H groups in total. The van der Waals surface area contributed by atoms with E-state index in [9.17, 15) is 10.1 Å². The molecule has 0 saturated carbocycles. The molecule has 0 atom stereocenters. The summed E-state index contributed by atoms with van der Waals surface area (Å²) in [6.07, 6.45) is 0. The van der Waals surface area contributed by atoms with Crippen LogP contribution in [0.1, 0.15) is 5.56 Å². The Hall–Kier alpha value is -2.59. The lowest BCUT2D eigenvalue weighted by atomic mass is 10.2. The molecule has 21 heavy (non-hydrogen) atoms. The van der Waals surface area contributed by atoms with Gasteiger partial charge in [-0.05, 0) is 24.3 Å². The Balaban J connectivity index is 2.45. The highest BCUT2D eigenvalue weighted by Gasteiger charge is 2.17. The number of nitro groups is 1. The van der Waals surface area contributed by atoms with E-state index in [4.69, 9.17) is 14.7 Å². The highest BCUT2D eigenvalue weighted by Crippen LogP contribution is 2.35. The summed E-state index contributed by atoms with van der Waals surface area (Å²) in [6.45, 7) is 0. The molecule has 0 aliphatic carbocycles. The predicted molar refractivity (Wildman–Crippen MR) is 78.6 cm³/mol. The average molecular weight is 349 g/mol. The Morgan fingerprint density at radius 2 is 2.00 bits per heavy atom. The lowest BCUT2D eigenvalue weighted by Gasteiger charge is -2.08. The van der Waals surface area contributed by atoms with Crippen molar-refractivity contribution >= 4 is 21.6 Å². The van der Waals surface area contributed by atoms with Gasteiger partial charge in [0.05, 0.1) is 23.7 Å². The van der Waals surface area contributed by atoms with Crippen LogP contribution >= 0.6 is 15.9 Å². The molecule has 0 bridgehead atoms. The number of nitro benzene ring substituents is 1. The van der Waals surface area contributed by atoms with E-state index in [0.717, 1.165) is 0 Å². The predicted octanol–water partition coefficient (Wildman–Crippen LogP) is 4.03. The van der Waals surface area contributed by atoms with E-state index in [-0.39, 0.29) is 11.4 Å². The summed E-state index contributed by atoms with van der Waals surface area (Å²) < 4.78 is 11.2. The maximum Gasteiger partial charge on any atom is 0.311 e. The molecule has 0 amide bonds. The molecular weight excluding hydrogens is 340 g/mol. The summed E-state index contributed by atoms with van der Waals surface area (Å²) in [6, 6.07) is 10.9. The highest BCUT2D eigenvalue weighted by molar-refractivity contribution is 9.10. The van der Waals surface area contributed by atoms with Gasteiger partial charge in [0.1, 0.15) is 11.5 Å². The third kappa shape index (κ3) is 3.49. The van der Waals surface area contributed by atoms with E-state index < -0.39 is 4.92 Å². The van der Waals surface area contributed by atoms with Gasteiger partial charge in [0, 0.05) is 16.6 Å². The highest BCUT2D eigenvalue weighted by atomic mass is 79.9. The third-order valence-electron chi connectivity index (χ3n) is 2.59. The van der Waals surface area contributed by atoms with Gasteiger partial charge in [-0.15, -0.1) is 0 Å². The van der Waals surface area contributed by atoms with Crippen LogP contribution in [0.5, 0.6) is 17.2 Å². The first kappa shape index (κ1) is 14.8. The number of nitrogens with zero attached hydrogens (tertiary/aromatic N) is 2. The van der Waals surface area contributed by atoms with Crippen molar-refractivity contribution in [1.82, 2.24) is 0 Å². The first-order valence-electron chi connectivity index (χ1n) is 5.74. The number of nitriles is 1. The van der Waals surface area contributed by atoms with Gasteiger partial charge in [-0.1, -0.05) is 15.9 Å². The Kier molecular flexibility index (Phi) is 4.40. The maximum absolute atomic E-state index is 11.0. The number of benzene rings is 2. The van der Waals surface area contributed by atoms with Crippen molar-refractivity contribution in [3.63, 3.8) is 0 Å². The fraction of sp³-hybridized carbons (Fsp3) is 0.0714. The fourth-order valence-electron chi connectivity index (χ4n) is 1.67. The molecule has 106 valence electrons. The number of hydrogen-bond donors (Lipinski definition) is 0. The number of halogens is 1. The van der Waals surface area contributed by atoms with Crippen molar-refractivity contribution in [2.45, 2.75) is 0 Å². The number of hydrogen-bond acceptors (Lipinski definition) is 5. The van der Waals surface area contributed by atoms with Gasteiger partial charge in [0.15, 0.2) is 0 Å². The smallest absolute Gasteiger partial charge is 0.311 e. The van der Waals surface area contributed by atoms with Gasteiger partial charge >= 0.3 is 5.69 Å². The van der Waals surface area contributed by atoms with Gasteiger partial charge in [-0.3, -0.25) is 10.1 Å². The molecule has 0 spiro atoms. The second-order valence-electron chi connectivity index (χ2n) is 3.98. The second-order valence-corrected chi connectivity index (χ2v) is 4.90. The zero-order chi connectivity index (χ0) is 15.4. The van der Waals surface area contributed by atoms with E-state index in [1.807, 2.05) is 6.07 Å². The minimum atomic E-state index is -0.544. The summed E-state index contributed by atoms with van der Waals surface area (Å²) in [5, 5.41) is 19.9. The summed E-state index contributed by atoms with van der Waals surface area (Å²) in [5.74, 6) is 0.796. The van der Waals surface area contributed by atoms with E-state index in [1.54, 1.807) is 12.1 Å². The van der Waals surface area contributed by atoms with Gasteiger partial charge < -0.3 is 9.47 Å². The molecule has 0 aliphatic heterocycles. The fourth-order valence-corrected chi connectivity index (χ4v) is 2.14. The second kappa shape index (κ2) is 6.24. The van der Waals surface area contributed by atoms with Crippen LogP contribution in [0.4, 0.5) is 5.69 Å². The molecule has 0 heterocycles. The molecule has 0 saturated heterocycles. The van der Waals surface area contributed by atoms with Crippen LogP contribution in [0.25, 0.3) is 0 Å². The molecule has 0 unspecified atom stereocenters. The van der Waals surface area contributed by atoms with Crippen molar-refractivity contribution < 1.29 is 14.4 Å². The van der Waals surface area contributed by atoms with Crippen molar-refractivity contribution in [1.29, 1.82) is 5.26 Å². The van der Waals surface area contributed by atoms with E-state index in [2.05, 4.69) is 15.9 Å². The van der Waals surface area contributed by atoms with Crippen LogP contribution in [0, 0.1) is 21.4 Å². The van der Waals surface area contributed by atoms with Gasteiger partial charge in [-0.25, -0.2) is 0 Å². The molecule has 2 rings (SSSR count). The van der Waals surface area contributed by atoms with Crippen LogP contribution in [-0.4, -0.2) is 12.0 Å². The molecule has 0 fully saturated rings. The SMILES string of the molecule is COc1ccc([N+](=O)[O-])c(Oc2cc(Br)cc(C#N)c2)c1. The van der Waals surface area contributed by atoms with Crippen molar-refractivity contribution in [2.75, 3.05) is 7.11 Å².